The Hall–Kier alpha value is -3.60. The Bertz CT molecular complexity index is 1070. The van der Waals surface area contributed by atoms with Crippen LogP contribution < -0.4 is 15.0 Å². The van der Waals surface area contributed by atoms with Crippen molar-refractivity contribution >= 4 is 17.5 Å². The average Bonchev–Trinajstić information content (AvgIpc) is 3.21. The van der Waals surface area contributed by atoms with Crippen molar-refractivity contribution in [2.45, 2.75) is 19.9 Å². The van der Waals surface area contributed by atoms with E-state index in [4.69, 9.17) is 4.74 Å². The molecule has 5 heteroatoms. The summed E-state index contributed by atoms with van der Waals surface area (Å²) in [7, 11) is 1.63. The van der Waals surface area contributed by atoms with E-state index < -0.39 is 0 Å². The van der Waals surface area contributed by atoms with Gasteiger partial charge in [0.15, 0.2) is 0 Å². The van der Waals surface area contributed by atoms with E-state index in [1.807, 2.05) is 65.6 Å². The van der Waals surface area contributed by atoms with Crippen molar-refractivity contribution in [2.75, 3.05) is 18.6 Å². The van der Waals surface area contributed by atoms with E-state index in [9.17, 15) is 9.59 Å². The largest absolute Gasteiger partial charge is 0.497 e. The van der Waals surface area contributed by atoms with Crippen LogP contribution >= 0.6 is 0 Å². The lowest BCUT2D eigenvalue weighted by atomic mass is 10.0. The van der Waals surface area contributed by atoms with Gasteiger partial charge in [0.2, 0.25) is 5.91 Å². The molecule has 4 rings (SSSR count). The molecule has 0 aromatic heterocycles. The van der Waals surface area contributed by atoms with Gasteiger partial charge in [-0.2, -0.15) is 0 Å². The van der Waals surface area contributed by atoms with Crippen molar-refractivity contribution in [3.05, 3.63) is 83.4 Å². The van der Waals surface area contributed by atoms with Gasteiger partial charge >= 0.3 is 0 Å². The molecule has 0 saturated carbocycles. The second-order valence-electron chi connectivity index (χ2n) is 7.37. The van der Waals surface area contributed by atoms with Crippen molar-refractivity contribution in [1.82, 2.24) is 5.32 Å². The van der Waals surface area contributed by atoms with Gasteiger partial charge in [-0.15, -0.1) is 0 Å². The third-order valence-corrected chi connectivity index (χ3v) is 5.45. The van der Waals surface area contributed by atoms with Gasteiger partial charge in [0.25, 0.3) is 5.91 Å². The quantitative estimate of drug-likeness (QED) is 0.698. The second-order valence-corrected chi connectivity index (χ2v) is 7.37. The molecule has 3 aromatic rings. The first-order valence-corrected chi connectivity index (χ1v) is 9.98. The zero-order valence-electron chi connectivity index (χ0n) is 17.1. The first kappa shape index (κ1) is 19.7. The number of rotatable bonds is 5. The summed E-state index contributed by atoms with van der Waals surface area (Å²) < 4.78 is 5.15. The van der Waals surface area contributed by atoms with Crippen LogP contribution in [0, 0.1) is 0 Å². The highest BCUT2D eigenvalue weighted by Crippen LogP contribution is 2.32. The Morgan fingerprint density at radius 2 is 1.67 bits per heavy atom. The molecule has 0 saturated heterocycles. The van der Waals surface area contributed by atoms with Crippen LogP contribution in [0.4, 0.5) is 5.69 Å². The molecule has 30 heavy (non-hydrogen) atoms. The van der Waals surface area contributed by atoms with Gasteiger partial charge in [-0.3, -0.25) is 9.59 Å². The van der Waals surface area contributed by atoms with Crippen molar-refractivity contribution in [3.63, 3.8) is 0 Å². The molecule has 0 atom stereocenters. The van der Waals surface area contributed by atoms with Crippen LogP contribution in [0.3, 0.4) is 0 Å². The van der Waals surface area contributed by atoms with Gasteiger partial charge in [-0.1, -0.05) is 30.3 Å². The van der Waals surface area contributed by atoms with E-state index in [0.717, 1.165) is 41.1 Å². The molecule has 1 heterocycles. The molecular weight excluding hydrogens is 376 g/mol. The number of nitrogens with zero attached hydrogens (tertiary/aromatic N) is 1. The molecule has 0 unspecified atom stereocenters. The molecule has 0 bridgehead atoms. The third-order valence-electron chi connectivity index (χ3n) is 5.45. The lowest BCUT2D eigenvalue weighted by Crippen LogP contribution is -2.25. The normalized spacial score (nSPS) is 12.4. The fraction of sp³-hybridized carbons (Fsp3) is 0.200. The molecule has 0 fully saturated rings. The number of anilines is 1. The van der Waals surface area contributed by atoms with E-state index in [-0.39, 0.29) is 11.8 Å². The molecule has 1 aliphatic heterocycles. The van der Waals surface area contributed by atoms with Crippen LogP contribution in [0.2, 0.25) is 0 Å². The SMILES string of the molecule is COc1ccc(CNC(=O)c2ccc(-c3ccc4c(c3)CCN4C(C)=O)cc2)cc1. The third kappa shape index (κ3) is 4.06. The summed E-state index contributed by atoms with van der Waals surface area (Å²) in [6.45, 7) is 2.80. The van der Waals surface area contributed by atoms with Crippen LogP contribution in [0.15, 0.2) is 66.7 Å². The van der Waals surface area contributed by atoms with Gasteiger partial charge in [-0.25, -0.2) is 0 Å². The van der Waals surface area contributed by atoms with Crippen LogP contribution in [-0.4, -0.2) is 25.5 Å². The van der Waals surface area contributed by atoms with Gasteiger partial charge in [0.05, 0.1) is 7.11 Å². The van der Waals surface area contributed by atoms with E-state index in [1.165, 1.54) is 5.56 Å². The van der Waals surface area contributed by atoms with Crippen LogP contribution in [-0.2, 0) is 17.8 Å². The number of carbonyl (C=O) groups excluding carboxylic acids is 2. The highest BCUT2D eigenvalue weighted by Gasteiger charge is 2.22. The fourth-order valence-corrected chi connectivity index (χ4v) is 3.75. The minimum absolute atomic E-state index is 0.0755. The van der Waals surface area contributed by atoms with Crippen LogP contribution in [0.1, 0.15) is 28.4 Å². The highest BCUT2D eigenvalue weighted by atomic mass is 16.5. The van der Waals surface area contributed by atoms with Gasteiger partial charge < -0.3 is 15.0 Å². The van der Waals surface area contributed by atoms with Crippen molar-refractivity contribution in [2.24, 2.45) is 0 Å². The smallest absolute Gasteiger partial charge is 0.251 e. The summed E-state index contributed by atoms with van der Waals surface area (Å²) in [4.78, 5) is 26.0. The maximum atomic E-state index is 12.5. The maximum Gasteiger partial charge on any atom is 0.251 e. The summed E-state index contributed by atoms with van der Waals surface area (Å²) in [6.07, 6.45) is 0.870. The van der Waals surface area contributed by atoms with Crippen molar-refractivity contribution in [1.29, 1.82) is 0 Å². The molecule has 0 aliphatic carbocycles. The van der Waals surface area contributed by atoms with Crippen molar-refractivity contribution < 1.29 is 14.3 Å². The molecule has 5 nitrogen and oxygen atoms in total. The number of amides is 2. The first-order chi connectivity index (χ1) is 14.5. The highest BCUT2D eigenvalue weighted by molar-refractivity contribution is 5.95. The predicted molar refractivity (Wildman–Crippen MR) is 118 cm³/mol. The number of hydrogen-bond acceptors (Lipinski definition) is 3. The van der Waals surface area contributed by atoms with Crippen molar-refractivity contribution in [3.8, 4) is 16.9 Å². The summed E-state index contributed by atoms with van der Waals surface area (Å²) in [5.74, 6) is 0.760. The zero-order valence-corrected chi connectivity index (χ0v) is 17.1. The summed E-state index contributed by atoms with van der Waals surface area (Å²) in [5.41, 5.74) is 5.95. The number of fused-ring (bicyclic) bond motifs is 1. The molecule has 0 radical (unpaired) electrons. The van der Waals surface area contributed by atoms with E-state index >= 15 is 0 Å². The number of ether oxygens (including phenoxy) is 1. The predicted octanol–water partition coefficient (Wildman–Crippen LogP) is 4.20. The lowest BCUT2D eigenvalue weighted by molar-refractivity contribution is -0.116. The molecule has 2 amide bonds. The summed E-state index contributed by atoms with van der Waals surface area (Å²) in [5, 5.41) is 2.94. The Morgan fingerprint density at radius 1 is 0.967 bits per heavy atom. The molecule has 152 valence electrons. The van der Waals surface area contributed by atoms with E-state index in [2.05, 4.69) is 11.4 Å². The van der Waals surface area contributed by atoms with Gasteiger partial charge in [0, 0.05) is 31.3 Å². The second kappa shape index (κ2) is 8.41. The standard InChI is InChI=1S/C25H24N2O3/c1-17(28)27-14-13-22-15-21(9-12-24(22)27)19-5-7-20(8-6-19)25(29)26-16-18-3-10-23(30-2)11-4-18/h3-12,15H,13-14,16H2,1-2H3,(H,26,29). The maximum absolute atomic E-state index is 12.5. The summed E-state index contributed by atoms with van der Waals surface area (Å²) in [6, 6.07) is 21.4. The number of carbonyl (C=O) groups is 2. The van der Waals surface area contributed by atoms with Gasteiger partial charge in [0.1, 0.15) is 5.75 Å². The number of hydrogen-bond donors (Lipinski definition) is 1. The minimum Gasteiger partial charge on any atom is -0.497 e. The Labute approximate surface area is 176 Å². The van der Waals surface area contributed by atoms with Crippen LogP contribution in [0.25, 0.3) is 11.1 Å². The molecule has 1 N–H and O–H groups in total. The average molecular weight is 400 g/mol. The molecular formula is C25H24N2O3. The fourth-order valence-electron chi connectivity index (χ4n) is 3.75. The Morgan fingerprint density at radius 3 is 2.33 bits per heavy atom. The molecule has 1 aliphatic rings. The minimum atomic E-state index is -0.108. The van der Waals surface area contributed by atoms with E-state index in [1.54, 1.807) is 14.0 Å². The first-order valence-electron chi connectivity index (χ1n) is 9.98. The molecule has 0 spiro atoms. The number of nitrogens with one attached hydrogen (secondary N) is 1. The summed E-state index contributed by atoms with van der Waals surface area (Å²) >= 11 is 0. The van der Waals surface area contributed by atoms with E-state index in [0.29, 0.717) is 12.1 Å². The Balaban J connectivity index is 1.42. The Kier molecular flexibility index (Phi) is 5.53. The van der Waals surface area contributed by atoms with Crippen LogP contribution in [0.5, 0.6) is 5.75 Å². The monoisotopic (exact) mass is 400 g/mol. The lowest BCUT2D eigenvalue weighted by Gasteiger charge is -2.15. The molecule has 3 aromatic carbocycles. The number of methoxy groups -OCH3 is 1. The zero-order chi connectivity index (χ0) is 21.1. The topological polar surface area (TPSA) is 58.6 Å². The number of benzene rings is 3. The van der Waals surface area contributed by atoms with Gasteiger partial charge in [-0.05, 0) is 65.1 Å².